The van der Waals surface area contributed by atoms with Gasteiger partial charge in [-0.1, -0.05) is 30.3 Å². The zero-order valence-corrected chi connectivity index (χ0v) is 22.6. The van der Waals surface area contributed by atoms with Gasteiger partial charge in [-0.15, -0.1) is 0 Å². The third-order valence-electron chi connectivity index (χ3n) is 7.29. The van der Waals surface area contributed by atoms with E-state index in [1.807, 2.05) is 46.7 Å². The molecule has 0 spiro atoms. The number of hydrogen-bond acceptors (Lipinski definition) is 6. The van der Waals surface area contributed by atoms with Crippen LogP contribution in [-0.4, -0.2) is 48.6 Å². The van der Waals surface area contributed by atoms with Gasteiger partial charge in [0, 0.05) is 37.4 Å². The molecule has 9 nitrogen and oxygen atoms in total. The molecule has 1 amide bonds. The molecule has 11 heteroatoms. The zero-order valence-electron chi connectivity index (χ0n) is 21.8. The van der Waals surface area contributed by atoms with Crippen LogP contribution in [0.15, 0.2) is 36.4 Å². The lowest BCUT2D eigenvalue weighted by Gasteiger charge is -2.31. The first-order valence-electron chi connectivity index (χ1n) is 12.8. The summed E-state index contributed by atoms with van der Waals surface area (Å²) in [6.07, 6.45) is 1.39. The highest BCUT2D eigenvalue weighted by Gasteiger charge is 2.39. The van der Waals surface area contributed by atoms with E-state index in [-0.39, 0.29) is 18.0 Å². The largest absolute Gasteiger partial charge is 0.487 e. The van der Waals surface area contributed by atoms with E-state index >= 15 is 4.39 Å². The highest BCUT2D eigenvalue weighted by atomic mass is 32.2. The molecular weight excluding hydrogens is 509 g/mol. The SMILES string of the molecule is CCn1nc(C)c(CCN2CCc3cc(OCc4ccccc4)c(N4CC(=O)NS4(=O)=O)c(F)c3C2)c1C. The molecule has 202 valence electrons. The standard InChI is InChI=1S/C27H32FN5O4S/c1-4-32-19(3)22(18(2)29-32)11-13-31-12-10-21-14-24(37-17-20-8-6-5-7-9-20)27(26(28)23(21)15-31)33-16-25(34)30-38(33,35)36/h5-9,14H,4,10-13,15-17H2,1-3H3,(H,30,34). The maximum absolute atomic E-state index is 16.2. The summed E-state index contributed by atoms with van der Waals surface area (Å²) in [5.41, 5.74) is 5.21. The predicted molar refractivity (Wildman–Crippen MR) is 142 cm³/mol. The molecule has 0 unspecified atom stereocenters. The summed E-state index contributed by atoms with van der Waals surface area (Å²) in [4.78, 5) is 14.1. The minimum Gasteiger partial charge on any atom is -0.487 e. The summed E-state index contributed by atoms with van der Waals surface area (Å²) in [5.74, 6) is -1.27. The molecule has 1 aromatic heterocycles. The van der Waals surface area contributed by atoms with Crippen molar-refractivity contribution in [2.45, 2.75) is 53.3 Å². The number of carbonyl (C=O) groups is 1. The van der Waals surface area contributed by atoms with Crippen LogP contribution in [0.2, 0.25) is 0 Å². The minimum atomic E-state index is -4.22. The predicted octanol–water partition coefficient (Wildman–Crippen LogP) is 3.02. The number of carbonyl (C=O) groups excluding carboxylic acids is 1. The topological polar surface area (TPSA) is 96.8 Å². The Morgan fingerprint density at radius 1 is 1.16 bits per heavy atom. The van der Waals surface area contributed by atoms with Gasteiger partial charge in [0.05, 0.1) is 5.69 Å². The Kier molecular flexibility index (Phi) is 7.15. The van der Waals surface area contributed by atoms with Crippen LogP contribution in [0, 0.1) is 19.7 Å². The summed E-state index contributed by atoms with van der Waals surface area (Å²) < 4.78 is 52.3. The molecule has 0 aliphatic carbocycles. The number of benzene rings is 2. The molecule has 0 radical (unpaired) electrons. The van der Waals surface area contributed by atoms with Gasteiger partial charge in [0.2, 0.25) is 0 Å². The normalized spacial score (nSPS) is 16.9. The quantitative estimate of drug-likeness (QED) is 0.471. The van der Waals surface area contributed by atoms with Crippen molar-refractivity contribution in [2.75, 3.05) is 23.9 Å². The summed E-state index contributed by atoms with van der Waals surface area (Å²) >= 11 is 0. The molecule has 1 saturated heterocycles. The average Bonchev–Trinajstić information content (AvgIpc) is 3.33. The fraction of sp³-hybridized carbons (Fsp3) is 0.407. The van der Waals surface area contributed by atoms with Crippen LogP contribution in [0.1, 0.15) is 40.6 Å². The molecule has 38 heavy (non-hydrogen) atoms. The van der Waals surface area contributed by atoms with Crippen LogP contribution in [0.3, 0.4) is 0 Å². The second kappa shape index (κ2) is 10.4. The van der Waals surface area contributed by atoms with Crippen LogP contribution in [-0.2, 0) is 47.5 Å². The number of rotatable bonds is 8. The van der Waals surface area contributed by atoms with Gasteiger partial charge in [-0.05, 0) is 56.4 Å². The van der Waals surface area contributed by atoms with Crippen molar-refractivity contribution in [3.63, 3.8) is 0 Å². The first kappa shape index (κ1) is 26.2. The fourth-order valence-electron chi connectivity index (χ4n) is 5.27. The van der Waals surface area contributed by atoms with E-state index in [0.29, 0.717) is 18.5 Å². The number of nitrogens with zero attached hydrogens (tertiary/aromatic N) is 4. The van der Waals surface area contributed by atoms with Crippen molar-refractivity contribution in [1.29, 1.82) is 0 Å². The summed E-state index contributed by atoms with van der Waals surface area (Å²) in [5, 5.41) is 4.60. The summed E-state index contributed by atoms with van der Waals surface area (Å²) in [6.45, 7) is 8.39. The van der Waals surface area contributed by atoms with Crippen molar-refractivity contribution in [3.05, 3.63) is 75.9 Å². The Morgan fingerprint density at radius 3 is 2.58 bits per heavy atom. The van der Waals surface area contributed by atoms with Crippen molar-refractivity contribution in [2.24, 2.45) is 0 Å². The lowest BCUT2D eigenvalue weighted by Crippen LogP contribution is -2.35. The number of ether oxygens (including phenoxy) is 1. The smallest absolute Gasteiger partial charge is 0.326 e. The molecule has 2 aromatic carbocycles. The number of amides is 1. The minimum absolute atomic E-state index is 0.108. The lowest BCUT2D eigenvalue weighted by molar-refractivity contribution is -0.117. The molecule has 0 saturated carbocycles. The first-order chi connectivity index (χ1) is 18.2. The maximum Gasteiger partial charge on any atom is 0.326 e. The molecule has 3 heterocycles. The molecule has 5 rings (SSSR count). The third-order valence-corrected chi connectivity index (χ3v) is 8.67. The molecule has 0 bridgehead atoms. The molecule has 1 fully saturated rings. The van der Waals surface area contributed by atoms with E-state index in [2.05, 4.69) is 23.8 Å². The average molecular weight is 542 g/mol. The third kappa shape index (κ3) is 5.00. The summed E-state index contributed by atoms with van der Waals surface area (Å²) in [7, 11) is -4.22. The number of fused-ring (bicyclic) bond motifs is 1. The Hall–Kier alpha value is -3.44. The van der Waals surface area contributed by atoms with Crippen molar-refractivity contribution >= 4 is 21.8 Å². The number of aromatic nitrogens is 2. The van der Waals surface area contributed by atoms with Crippen molar-refractivity contribution in [1.82, 2.24) is 19.4 Å². The molecule has 3 aromatic rings. The Bertz CT molecular complexity index is 1470. The number of nitrogens with one attached hydrogen (secondary N) is 1. The van der Waals surface area contributed by atoms with Gasteiger partial charge in [-0.2, -0.15) is 13.5 Å². The van der Waals surface area contributed by atoms with Gasteiger partial charge in [-0.25, -0.2) is 13.4 Å². The second-order valence-corrected chi connectivity index (χ2v) is 11.3. The van der Waals surface area contributed by atoms with Crippen LogP contribution >= 0.6 is 0 Å². The van der Waals surface area contributed by atoms with Crippen LogP contribution in [0.5, 0.6) is 5.75 Å². The van der Waals surface area contributed by atoms with Crippen molar-refractivity contribution < 1.29 is 22.3 Å². The number of hydrogen-bond donors (Lipinski definition) is 1. The Morgan fingerprint density at radius 2 is 1.92 bits per heavy atom. The monoisotopic (exact) mass is 541 g/mol. The van der Waals surface area contributed by atoms with Crippen molar-refractivity contribution in [3.8, 4) is 5.75 Å². The highest BCUT2D eigenvalue weighted by molar-refractivity contribution is 7.92. The number of anilines is 1. The molecule has 1 N–H and O–H groups in total. The molecular formula is C27H32FN5O4S. The molecule has 2 aliphatic rings. The van der Waals surface area contributed by atoms with E-state index in [9.17, 15) is 13.2 Å². The zero-order chi connectivity index (χ0) is 27.0. The van der Waals surface area contributed by atoms with Gasteiger partial charge >= 0.3 is 10.2 Å². The van der Waals surface area contributed by atoms with E-state index in [4.69, 9.17) is 4.74 Å². The van der Waals surface area contributed by atoms with Gasteiger partial charge in [-0.3, -0.25) is 14.4 Å². The van der Waals surface area contributed by atoms with Crippen LogP contribution in [0.4, 0.5) is 10.1 Å². The summed E-state index contributed by atoms with van der Waals surface area (Å²) in [6, 6.07) is 11.1. The van der Waals surface area contributed by atoms with E-state index in [1.54, 1.807) is 6.07 Å². The van der Waals surface area contributed by atoms with Crippen LogP contribution in [0.25, 0.3) is 0 Å². The number of halogens is 1. The lowest BCUT2D eigenvalue weighted by atomic mass is 9.97. The number of aryl methyl sites for hydroxylation is 2. The Balaban J connectivity index is 1.44. The van der Waals surface area contributed by atoms with Gasteiger partial charge in [0.25, 0.3) is 5.91 Å². The molecule has 0 atom stereocenters. The maximum atomic E-state index is 16.2. The molecule has 2 aliphatic heterocycles. The fourth-order valence-corrected chi connectivity index (χ4v) is 6.43. The van der Waals surface area contributed by atoms with Gasteiger partial charge < -0.3 is 4.74 Å². The highest BCUT2D eigenvalue weighted by Crippen LogP contribution is 2.40. The van der Waals surface area contributed by atoms with Gasteiger partial charge in [0.15, 0.2) is 5.82 Å². The second-order valence-electron chi connectivity index (χ2n) is 9.73. The van der Waals surface area contributed by atoms with E-state index < -0.39 is 28.5 Å². The first-order valence-corrected chi connectivity index (χ1v) is 14.2. The van der Waals surface area contributed by atoms with Gasteiger partial charge in [0.1, 0.15) is 24.6 Å². The van der Waals surface area contributed by atoms with E-state index in [0.717, 1.165) is 52.9 Å². The Labute approximate surface area is 222 Å². The van der Waals surface area contributed by atoms with E-state index in [1.165, 1.54) is 5.56 Å². The van der Waals surface area contributed by atoms with Crippen LogP contribution < -0.4 is 13.8 Å².